The molecule has 0 aromatic carbocycles. The Bertz CT molecular complexity index is 746. The van der Waals surface area contributed by atoms with Gasteiger partial charge in [-0.1, -0.05) is 5.16 Å². The van der Waals surface area contributed by atoms with Crippen LogP contribution in [0.2, 0.25) is 0 Å². The van der Waals surface area contributed by atoms with Crippen LogP contribution in [0.1, 0.15) is 48.4 Å². The van der Waals surface area contributed by atoms with Gasteiger partial charge in [-0.15, -0.1) is 0 Å². The lowest BCUT2D eigenvalue weighted by molar-refractivity contribution is -0.141. The summed E-state index contributed by atoms with van der Waals surface area (Å²) < 4.78 is 5.04. The van der Waals surface area contributed by atoms with Gasteiger partial charge in [-0.25, -0.2) is 4.79 Å². The van der Waals surface area contributed by atoms with E-state index in [1.54, 1.807) is 6.92 Å². The van der Waals surface area contributed by atoms with Crippen molar-refractivity contribution in [2.45, 2.75) is 45.1 Å². The molecule has 8 heteroatoms. The van der Waals surface area contributed by atoms with Crippen LogP contribution in [0, 0.1) is 18.3 Å². The summed E-state index contributed by atoms with van der Waals surface area (Å²) in [5.41, 5.74) is 0.342. The van der Waals surface area contributed by atoms with E-state index in [-0.39, 0.29) is 23.0 Å². The highest BCUT2D eigenvalue weighted by Gasteiger charge is 2.51. The Kier molecular flexibility index (Phi) is 4.00. The number of carboxylic acid groups (broad SMARTS) is 1. The molecule has 0 unspecified atom stereocenters. The van der Waals surface area contributed by atoms with Crippen LogP contribution in [0.15, 0.2) is 10.6 Å². The molecule has 1 spiro atoms. The van der Waals surface area contributed by atoms with Gasteiger partial charge in [-0.2, -0.15) is 0 Å². The number of carboxylic acids is 1. The minimum atomic E-state index is -0.997. The zero-order valence-electron chi connectivity index (χ0n) is 14.8. The Morgan fingerprint density at radius 3 is 2.50 bits per heavy atom. The Hall–Kier alpha value is -2.38. The van der Waals surface area contributed by atoms with E-state index in [0.29, 0.717) is 31.7 Å². The summed E-state index contributed by atoms with van der Waals surface area (Å²) in [7, 11) is 0. The van der Waals surface area contributed by atoms with Crippen molar-refractivity contribution < 1.29 is 24.0 Å². The Morgan fingerprint density at radius 1 is 1.27 bits per heavy atom. The number of hydrogen-bond acceptors (Lipinski definition) is 5. The molecule has 4 rings (SSSR count). The predicted octanol–water partition coefficient (Wildman–Crippen LogP) is 1.30. The summed E-state index contributed by atoms with van der Waals surface area (Å²) in [5, 5.41) is 13.3. The molecule has 1 aliphatic carbocycles. The molecule has 1 aromatic rings. The number of carbonyl (C=O) groups excluding carboxylic acids is 2. The van der Waals surface area contributed by atoms with Gasteiger partial charge in [0.15, 0.2) is 0 Å². The summed E-state index contributed by atoms with van der Waals surface area (Å²) >= 11 is 0. The molecule has 0 radical (unpaired) electrons. The molecule has 3 fully saturated rings. The van der Waals surface area contributed by atoms with E-state index >= 15 is 0 Å². The average Bonchev–Trinajstić information content (AvgIpc) is 3.28. The monoisotopic (exact) mass is 361 g/mol. The van der Waals surface area contributed by atoms with E-state index in [4.69, 9.17) is 4.52 Å². The molecular formula is C18H23N3O5. The zero-order chi connectivity index (χ0) is 18.5. The van der Waals surface area contributed by atoms with Crippen LogP contribution in [0.5, 0.6) is 0 Å². The molecule has 26 heavy (non-hydrogen) atoms. The molecule has 1 saturated carbocycles. The zero-order valence-corrected chi connectivity index (χ0v) is 14.8. The van der Waals surface area contributed by atoms with Crippen molar-refractivity contribution in [1.29, 1.82) is 0 Å². The van der Waals surface area contributed by atoms with Gasteiger partial charge in [0.25, 0.3) is 5.91 Å². The van der Waals surface area contributed by atoms with Crippen LogP contribution in [0.4, 0.5) is 0 Å². The molecule has 1 aromatic heterocycles. The second-order valence-corrected chi connectivity index (χ2v) is 7.92. The number of carbonyl (C=O) groups is 3. The van der Waals surface area contributed by atoms with Gasteiger partial charge in [0, 0.05) is 31.6 Å². The van der Waals surface area contributed by atoms with Crippen molar-refractivity contribution in [2.75, 3.05) is 19.6 Å². The SMILES string of the molecule is Cc1cc(C(=O)N2CC3(CCN(C(=O)C4CC4)CC3)C[C@H]2C(=O)O)on1. The highest BCUT2D eigenvalue weighted by molar-refractivity contribution is 5.94. The summed E-state index contributed by atoms with van der Waals surface area (Å²) in [4.78, 5) is 40.0. The van der Waals surface area contributed by atoms with Crippen LogP contribution < -0.4 is 0 Å². The van der Waals surface area contributed by atoms with E-state index in [1.165, 1.54) is 11.0 Å². The summed E-state index contributed by atoms with van der Waals surface area (Å²) in [5.74, 6) is -0.911. The number of amides is 2. The molecule has 3 aliphatic rings. The molecule has 0 bridgehead atoms. The van der Waals surface area contributed by atoms with E-state index in [2.05, 4.69) is 5.16 Å². The van der Waals surface area contributed by atoms with E-state index in [1.807, 2.05) is 4.90 Å². The number of aromatic nitrogens is 1. The van der Waals surface area contributed by atoms with Gasteiger partial charge in [-0.3, -0.25) is 9.59 Å². The smallest absolute Gasteiger partial charge is 0.326 e. The molecule has 8 nitrogen and oxygen atoms in total. The summed E-state index contributed by atoms with van der Waals surface area (Å²) in [6.45, 7) is 3.39. The van der Waals surface area contributed by atoms with Crippen LogP contribution >= 0.6 is 0 Å². The van der Waals surface area contributed by atoms with E-state index in [9.17, 15) is 19.5 Å². The minimum Gasteiger partial charge on any atom is -0.480 e. The van der Waals surface area contributed by atoms with Crippen LogP contribution in [0.3, 0.4) is 0 Å². The lowest BCUT2D eigenvalue weighted by atomic mass is 9.76. The standard InChI is InChI=1S/C18H23N3O5/c1-11-8-14(26-19-11)16(23)21-10-18(9-13(21)17(24)25)4-6-20(7-5-18)15(22)12-2-3-12/h8,12-13H,2-7,9-10H2,1H3,(H,24,25)/t13-/m0/s1. The van der Waals surface area contributed by atoms with Crippen LogP contribution in [-0.2, 0) is 9.59 Å². The number of piperidine rings is 1. The summed E-state index contributed by atoms with van der Waals surface area (Å²) in [6, 6.07) is 0.668. The second kappa shape index (κ2) is 6.10. The number of rotatable bonds is 3. The molecule has 2 amide bonds. The molecule has 3 heterocycles. The molecule has 1 atom stereocenters. The fourth-order valence-electron chi connectivity index (χ4n) is 4.25. The molecule has 1 N–H and O–H groups in total. The first kappa shape index (κ1) is 17.1. The molecule has 2 saturated heterocycles. The topological polar surface area (TPSA) is 104 Å². The van der Waals surface area contributed by atoms with Gasteiger partial charge in [0.2, 0.25) is 11.7 Å². The van der Waals surface area contributed by atoms with Crippen molar-refractivity contribution in [1.82, 2.24) is 15.0 Å². The minimum absolute atomic E-state index is 0.0761. The Balaban J connectivity index is 1.48. The number of aliphatic carboxylic acids is 1. The van der Waals surface area contributed by atoms with Crippen LogP contribution in [0.25, 0.3) is 0 Å². The predicted molar refractivity (Wildman–Crippen MR) is 89.3 cm³/mol. The number of nitrogens with zero attached hydrogens (tertiary/aromatic N) is 3. The highest BCUT2D eigenvalue weighted by Crippen LogP contribution is 2.45. The fraction of sp³-hybridized carbons (Fsp3) is 0.667. The van der Waals surface area contributed by atoms with Gasteiger partial charge >= 0.3 is 5.97 Å². The van der Waals surface area contributed by atoms with E-state index in [0.717, 1.165) is 25.7 Å². The number of likely N-dealkylation sites (tertiary alicyclic amines) is 2. The molecule has 2 aliphatic heterocycles. The van der Waals surface area contributed by atoms with Crippen LogP contribution in [-0.4, -0.2) is 63.5 Å². The van der Waals surface area contributed by atoms with Gasteiger partial charge in [-0.05, 0) is 44.4 Å². The molecule has 140 valence electrons. The van der Waals surface area contributed by atoms with Crippen molar-refractivity contribution in [2.24, 2.45) is 11.3 Å². The first-order chi connectivity index (χ1) is 12.4. The Morgan fingerprint density at radius 2 is 1.96 bits per heavy atom. The van der Waals surface area contributed by atoms with Crippen molar-refractivity contribution in [3.05, 3.63) is 17.5 Å². The lowest BCUT2D eigenvalue weighted by Crippen LogP contribution is -2.45. The maximum atomic E-state index is 12.7. The third kappa shape index (κ3) is 2.97. The first-order valence-electron chi connectivity index (χ1n) is 9.14. The van der Waals surface area contributed by atoms with Crippen molar-refractivity contribution in [3.8, 4) is 0 Å². The average molecular weight is 361 g/mol. The maximum absolute atomic E-state index is 12.7. The largest absolute Gasteiger partial charge is 0.480 e. The summed E-state index contributed by atoms with van der Waals surface area (Å²) in [6.07, 6.45) is 3.86. The second-order valence-electron chi connectivity index (χ2n) is 7.92. The third-order valence-corrected chi connectivity index (χ3v) is 5.96. The van der Waals surface area contributed by atoms with E-state index < -0.39 is 17.9 Å². The fourth-order valence-corrected chi connectivity index (χ4v) is 4.25. The Labute approximate surface area is 151 Å². The van der Waals surface area contributed by atoms with Gasteiger partial charge in [0.05, 0.1) is 5.69 Å². The van der Waals surface area contributed by atoms with Crippen molar-refractivity contribution in [3.63, 3.8) is 0 Å². The molecular weight excluding hydrogens is 338 g/mol. The first-order valence-corrected chi connectivity index (χ1v) is 9.14. The van der Waals surface area contributed by atoms with Gasteiger partial charge in [0.1, 0.15) is 6.04 Å². The quantitative estimate of drug-likeness (QED) is 0.870. The number of aryl methyl sites for hydroxylation is 1. The lowest BCUT2D eigenvalue weighted by Gasteiger charge is -2.39. The number of hydrogen-bond donors (Lipinski definition) is 1. The maximum Gasteiger partial charge on any atom is 0.326 e. The third-order valence-electron chi connectivity index (χ3n) is 5.96. The van der Waals surface area contributed by atoms with Gasteiger partial charge < -0.3 is 19.4 Å². The van der Waals surface area contributed by atoms with Crippen molar-refractivity contribution >= 4 is 17.8 Å². The normalized spacial score (nSPS) is 24.9. The highest BCUT2D eigenvalue weighted by atomic mass is 16.5.